The fourth-order valence-electron chi connectivity index (χ4n) is 3.30. The van der Waals surface area contributed by atoms with E-state index in [0.717, 1.165) is 38.8 Å². The van der Waals surface area contributed by atoms with Gasteiger partial charge in [0.2, 0.25) is 0 Å². The van der Waals surface area contributed by atoms with E-state index in [0.29, 0.717) is 31.6 Å². The number of aliphatic imine (C=N–C) groups is 1. The van der Waals surface area contributed by atoms with Crippen LogP contribution < -0.4 is 16.0 Å². The lowest BCUT2D eigenvalue weighted by molar-refractivity contribution is 0.00867. The summed E-state index contributed by atoms with van der Waals surface area (Å²) in [6.07, 6.45) is 0. The molecule has 2 rings (SSSR count). The molecule has 1 heterocycles. The van der Waals surface area contributed by atoms with Crippen LogP contribution >= 0.6 is 24.0 Å². The fraction of sp³-hybridized carbons (Fsp3) is 0.619. The number of phenolic OH excluding ortho intramolecular Hbond substituents is 1. The van der Waals surface area contributed by atoms with Crippen LogP contribution in [0.25, 0.3) is 0 Å². The molecule has 30 heavy (non-hydrogen) atoms. The van der Waals surface area contributed by atoms with Gasteiger partial charge >= 0.3 is 0 Å². The molecular formula is C21H36IN5O3. The number of guanidine groups is 1. The Morgan fingerprint density at radius 1 is 1.17 bits per heavy atom. The van der Waals surface area contributed by atoms with Crippen LogP contribution in [0.1, 0.15) is 31.1 Å². The van der Waals surface area contributed by atoms with Crippen molar-refractivity contribution in [3.63, 3.8) is 0 Å². The van der Waals surface area contributed by atoms with Crippen molar-refractivity contribution in [3.8, 4) is 5.75 Å². The molecule has 1 amide bonds. The smallest absolute Gasteiger partial charge is 0.255 e. The molecule has 1 aromatic rings. The SMILES string of the molecule is CCNC(=NCC(C(C)C)N1CCOCC1)NCCNC(=O)c1ccccc1O.I. The summed E-state index contributed by atoms with van der Waals surface area (Å²) in [7, 11) is 0. The highest BCUT2D eigenvalue weighted by molar-refractivity contribution is 14.0. The van der Waals surface area contributed by atoms with E-state index in [9.17, 15) is 9.90 Å². The number of nitrogens with zero attached hydrogens (tertiary/aromatic N) is 2. The zero-order chi connectivity index (χ0) is 21.1. The maximum Gasteiger partial charge on any atom is 0.255 e. The number of carbonyl (C=O) groups is 1. The highest BCUT2D eigenvalue weighted by Gasteiger charge is 2.23. The molecule has 1 saturated heterocycles. The van der Waals surface area contributed by atoms with Gasteiger partial charge in [-0.1, -0.05) is 26.0 Å². The quantitative estimate of drug-likeness (QED) is 0.167. The van der Waals surface area contributed by atoms with E-state index >= 15 is 0 Å². The van der Waals surface area contributed by atoms with Gasteiger partial charge in [-0.2, -0.15) is 0 Å². The number of hydrogen-bond donors (Lipinski definition) is 4. The maximum atomic E-state index is 12.1. The normalized spacial score (nSPS) is 15.9. The largest absolute Gasteiger partial charge is 0.507 e. The Bertz CT molecular complexity index is 666. The third-order valence-corrected chi connectivity index (χ3v) is 4.92. The number of nitrogens with one attached hydrogen (secondary N) is 3. The first-order chi connectivity index (χ1) is 14.0. The number of hydrogen-bond acceptors (Lipinski definition) is 5. The summed E-state index contributed by atoms with van der Waals surface area (Å²) in [4.78, 5) is 19.4. The van der Waals surface area contributed by atoms with Gasteiger partial charge in [0.25, 0.3) is 5.91 Å². The van der Waals surface area contributed by atoms with E-state index in [1.165, 1.54) is 6.07 Å². The molecule has 1 fully saturated rings. The maximum absolute atomic E-state index is 12.1. The monoisotopic (exact) mass is 533 g/mol. The van der Waals surface area contributed by atoms with Gasteiger partial charge in [-0.3, -0.25) is 14.7 Å². The van der Waals surface area contributed by atoms with E-state index in [4.69, 9.17) is 9.73 Å². The van der Waals surface area contributed by atoms with Gasteiger partial charge in [-0.05, 0) is 25.0 Å². The summed E-state index contributed by atoms with van der Waals surface area (Å²) in [5.41, 5.74) is 0.276. The Hall–Kier alpha value is -1.59. The van der Waals surface area contributed by atoms with Crippen molar-refractivity contribution < 1.29 is 14.6 Å². The fourth-order valence-corrected chi connectivity index (χ4v) is 3.30. The van der Waals surface area contributed by atoms with Gasteiger partial charge in [0.05, 0.1) is 25.3 Å². The van der Waals surface area contributed by atoms with E-state index in [1.54, 1.807) is 18.2 Å². The third kappa shape index (κ3) is 8.65. The number of rotatable bonds is 9. The van der Waals surface area contributed by atoms with Crippen molar-refractivity contribution in [2.45, 2.75) is 26.8 Å². The molecule has 1 unspecified atom stereocenters. The van der Waals surface area contributed by atoms with E-state index in [-0.39, 0.29) is 41.2 Å². The molecule has 1 aliphatic rings. The Kier molecular flexibility index (Phi) is 12.7. The molecule has 0 aromatic heterocycles. The highest BCUT2D eigenvalue weighted by Crippen LogP contribution is 2.15. The average Bonchev–Trinajstić information content (AvgIpc) is 2.72. The molecule has 0 radical (unpaired) electrons. The van der Waals surface area contributed by atoms with Gasteiger partial charge in [0, 0.05) is 38.8 Å². The van der Waals surface area contributed by atoms with Crippen LogP contribution in [0.5, 0.6) is 5.75 Å². The van der Waals surface area contributed by atoms with Gasteiger partial charge in [0.1, 0.15) is 5.75 Å². The minimum absolute atomic E-state index is 0. The molecule has 1 aromatic carbocycles. The first kappa shape index (κ1) is 26.4. The molecule has 0 bridgehead atoms. The van der Waals surface area contributed by atoms with Crippen LogP contribution in [-0.2, 0) is 4.74 Å². The molecule has 0 spiro atoms. The predicted octanol–water partition coefficient (Wildman–Crippen LogP) is 1.65. The van der Waals surface area contributed by atoms with Crippen LogP contribution in [0.3, 0.4) is 0 Å². The number of phenols is 1. The van der Waals surface area contributed by atoms with Crippen molar-refractivity contribution in [2.75, 3.05) is 52.5 Å². The van der Waals surface area contributed by atoms with Crippen LogP contribution in [0.4, 0.5) is 0 Å². The topological polar surface area (TPSA) is 98.2 Å². The molecule has 9 heteroatoms. The summed E-state index contributed by atoms with van der Waals surface area (Å²) in [5, 5.41) is 19.1. The van der Waals surface area contributed by atoms with Crippen molar-refractivity contribution in [1.29, 1.82) is 0 Å². The van der Waals surface area contributed by atoms with Crippen molar-refractivity contribution in [1.82, 2.24) is 20.9 Å². The molecule has 8 nitrogen and oxygen atoms in total. The van der Waals surface area contributed by atoms with Crippen LogP contribution in [-0.4, -0.2) is 80.4 Å². The lowest BCUT2D eigenvalue weighted by atomic mass is 10.0. The minimum atomic E-state index is -0.293. The Morgan fingerprint density at radius 3 is 2.47 bits per heavy atom. The van der Waals surface area contributed by atoms with Crippen molar-refractivity contribution >= 4 is 35.8 Å². The number of ether oxygens (including phenoxy) is 1. The molecular weight excluding hydrogens is 497 g/mol. The average molecular weight is 533 g/mol. The summed E-state index contributed by atoms with van der Waals surface area (Å²) < 4.78 is 5.47. The summed E-state index contributed by atoms with van der Waals surface area (Å²) in [6.45, 7) is 12.4. The molecule has 0 aliphatic carbocycles. The number of halogens is 1. The minimum Gasteiger partial charge on any atom is -0.507 e. The van der Waals surface area contributed by atoms with Crippen molar-refractivity contribution in [3.05, 3.63) is 29.8 Å². The van der Waals surface area contributed by atoms with Gasteiger partial charge in [-0.15, -0.1) is 24.0 Å². The first-order valence-electron chi connectivity index (χ1n) is 10.4. The van der Waals surface area contributed by atoms with Crippen LogP contribution in [0, 0.1) is 5.92 Å². The number of aromatic hydroxyl groups is 1. The lowest BCUT2D eigenvalue weighted by Gasteiger charge is -2.36. The molecule has 4 N–H and O–H groups in total. The Labute approximate surface area is 196 Å². The van der Waals surface area contributed by atoms with Gasteiger partial charge < -0.3 is 25.8 Å². The number of carbonyl (C=O) groups excluding carboxylic acids is 1. The van der Waals surface area contributed by atoms with Gasteiger partial charge in [0.15, 0.2) is 5.96 Å². The number of para-hydroxylation sites is 1. The van der Waals surface area contributed by atoms with Crippen molar-refractivity contribution in [2.24, 2.45) is 10.9 Å². The second-order valence-electron chi connectivity index (χ2n) is 7.38. The van der Waals surface area contributed by atoms with Crippen LogP contribution in [0.2, 0.25) is 0 Å². The summed E-state index contributed by atoms with van der Waals surface area (Å²) >= 11 is 0. The van der Waals surface area contributed by atoms with E-state index in [1.807, 2.05) is 6.92 Å². The second kappa shape index (κ2) is 14.4. The van der Waals surface area contributed by atoms with E-state index < -0.39 is 0 Å². The standard InChI is InChI=1S/C21H35N5O3.HI/c1-4-22-21(25-15-18(16(2)3)26-11-13-29-14-12-26)24-10-9-23-20(28)17-7-5-6-8-19(17)27;/h5-8,16,18,27H,4,9-15H2,1-3H3,(H,23,28)(H2,22,24,25);1H. The molecule has 1 aliphatic heterocycles. The van der Waals surface area contributed by atoms with E-state index in [2.05, 4.69) is 34.7 Å². The Balaban J connectivity index is 0.00000450. The number of morpholine rings is 1. The lowest BCUT2D eigenvalue weighted by Crippen LogP contribution is -2.48. The number of amides is 1. The Morgan fingerprint density at radius 2 is 1.83 bits per heavy atom. The highest BCUT2D eigenvalue weighted by atomic mass is 127. The zero-order valence-electron chi connectivity index (χ0n) is 18.2. The molecule has 170 valence electrons. The zero-order valence-corrected chi connectivity index (χ0v) is 20.5. The summed E-state index contributed by atoms with van der Waals surface area (Å²) in [6, 6.07) is 6.88. The number of benzene rings is 1. The van der Waals surface area contributed by atoms with Gasteiger partial charge in [-0.25, -0.2) is 0 Å². The van der Waals surface area contributed by atoms with Crippen LogP contribution in [0.15, 0.2) is 29.3 Å². The third-order valence-electron chi connectivity index (χ3n) is 4.92. The second-order valence-corrected chi connectivity index (χ2v) is 7.38. The molecule has 0 saturated carbocycles. The summed E-state index contributed by atoms with van der Waals surface area (Å²) in [5.74, 6) is 0.926. The first-order valence-corrected chi connectivity index (χ1v) is 10.4. The molecule has 1 atom stereocenters. The predicted molar refractivity (Wildman–Crippen MR) is 131 cm³/mol.